The van der Waals surface area contributed by atoms with Crippen molar-refractivity contribution in [2.24, 2.45) is 0 Å². The number of aromatic nitrogens is 4. The predicted octanol–water partition coefficient (Wildman–Crippen LogP) is 4.67. The molecule has 2 aromatic carbocycles. The van der Waals surface area contributed by atoms with E-state index in [2.05, 4.69) is 36.9 Å². The number of hydrogen-bond acceptors (Lipinski definition) is 10. The SMILES string of the molecule is COc1cc(N2CCN(c3ccc(OCC4COC(Cn5ccnc5)(c5ccc(Cl)cc5Cl)O4)cc3)CC2)nc(OC)n1. The van der Waals surface area contributed by atoms with E-state index in [9.17, 15) is 0 Å². The predicted molar refractivity (Wildman–Crippen MR) is 163 cm³/mol. The van der Waals surface area contributed by atoms with E-state index in [0.717, 1.165) is 43.4 Å². The number of hydrogen-bond donors (Lipinski definition) is 0. The maximum Gasteiger partial charge on any atom is 0.321 e. The Hall–Kier alpha value is -3.77. The Morgan fingerprint density at radius 3 is 2.44 bits per heavy atom. The minimum atomic E-state index is -1.09. The molecule has 2 unspecified atom stereocenters. The molecule has 0 radical (unpaired) electrons. The van der Waals surface area contributed by atoms with Crippen LogP contribution < -0.4 is 24.0 Å². The van der Waals surface area contributed by atoms with Gasteiger partial charge in [-0.3, -0.25) is 0 Å². The number of imidazole rings is 1. The van der Waals surface area contributed by atoms with Gasteiger partial charge in [0.1, 0.15) is 24.3 Å². The quantitative estimate of drug-likeness (QED) is 0.247. The highest BCUT2D eigenvalue weighted by molar-refractivity contribution is 6.35. The average molecular weight is 628 g/mol. The van der Waals surface area contributed by atoms with Crippen molar-refractivity contribution in [3.05, 3.63) is 82.9 Å². The minimum absolute atomic E-state index is 0.291. The van der Waals surface area contributed by atoms with Crippen LogP contribution in [0.4, 0.5) is 11.5 Å². The van der Waals surface area contributed by atoms with Crippen molar-refractivity contribution < 1.29 is 23.7 Å². The van der Waals surface area contributed by atoms with Crippen LogP contribution in [0.15, 0.2) is 67.3 Å². The number of ether oxygens (including phenoxy) is 5. The van der Waals surface area contributed by atoms with Gasteiger partial charge in [0.25, 0.3) is 0 Å². The van der Waals surface area contributed by atoms with E-state index in [1.807, 2.05) is 35.0 Å². The third-order valence-electron chi connectivity index (χ3n) is 7.45. The zero-order chi connectivity index (χ0) is 29.8. The minimum Gasteiger partial charge on any atom is -0.491 e. The van der Waals surface area contributed by atoms with Crippen LogP contribution in [0.2, 0.25) is 10.0 Å². The van der Waals surface area contributed by atoms with Gasteiger partial charge in [0.2, 0.25) is 11.7 Å². The summed E-state index contributed by atoms with van der Waals surface area (Å²) in [6.45, 7) is 4.34. The molecule has 2 fully saturated rings. The Balaban J connectivity index is 1.05. The summed E-state index contributed by atoms with van der Waals surface area (Å²) in [5.41, 5.74) is 1.83. The summed E-state index contributed by atoms with van der Waals surface area (Å²) in [5.74, 6) is 0.928. The zero-order valence-corrected chi connectivity index (χ0v) is 25.4. The van der Waals surface area contributed by atoms with Gasteiger partial charge in [-0.25, -0.2) is 4.98 Å². The van der Waals surface area contributed by atoms with E-state index in [4.69, 9.17) is 46.9 Å². The number of nitrogens with zero attached hydrogens (tertiary/aromatic N) is 6. The summed E-state index contributed by atoms with van der Waals surface area (Å²) < 4.78 is 31.3. The fourth-order valence-corrected chi connectivity index (χ4v) is 5.81. The lowest BCUT2D eigenvalue weighted by Crippen LogP contribution is -2.46. The van der Waals surface area contributed by atoms with Crippen LogP contribution in [0.5, 0.6) is 17.6 Å². The van der Waals surface area contributed by atoms with E-state index < -0.39 is 5.79 Å². The van der Waals surface area contributed by atoms with E-state index in [1.165, 1.54) is 0 Å². The van der Waals surface area contributed by atoms with E-state index in [0.29, 0.717) is 47.3 Å². The number of piperazine rings is 1. The Kier molecular flexibility index (Phi) is 8.75. The van der Waals surface area contributed by atoms with Gasteiger partial charge in [0, 0.05) is 60.9 Å². The van der Waals surface area contributed by atoms with Gasteiger partial charge in [0.05, 0.1) is 38.7 Å². The van der Waals surface area contributed by atoms with Gasteiger partial charge in [-0.05, 0) is 36.4 Å². The molecule has 2 atom stereocenters. The molecule has 4 heterocycles. The van der Waals surface area contributed by atoms with Crippen LogP contribution in [0, 0.1) is 0 Å². The summed E-state index contributed by atoms with van der Waals surface area (Å²) in [6.07, 6.45) is 4.98. The van der Waals surface area contributed by atoms with Crippen molar-refractivity contribution >= 4 is 34.7 Å². The number of halogens is 2. The number of methoxy groups -OCH3 is 2. The van der Waals surface area contributed by atoms with Crippen LogP contribution >= 0.6 is 23.2 Å². The summed E-state index contributed by atoms with van der Waals surface area (Å²) in [7, 11) is 3.13. The molecular formula is C30H32Cl2N6O5. The standard InChI is InChI=1S/C30H32Cl2N6O5/c1-39-28-16-27(34-29(35-28)40-2)38-13-11-37(12-14-38)22-4-6-23(7-5-22)41-17-24-18-42-30(43-24,19-36-10-9-33-20-36)25-8-3-21(31)15-26(25)32/h3-10,15-16,20,24H,11-14,17-19H2,1-2H3. The average Bonchev–Trinajstić information content (AvgIpc) is 3.70. The Morgan fingerprint density at radius 2 is 1.74 bits per heavy atom. The smallest absolute Gasteiger partial charge is 0.321 e. The lowest BCUT2D eigenvalue weighted by molar-refractivity contribution is -0.189. The zero-order valence-electron chi connectivity index (χ0n) is 23.9. The summed E-state index contributed by atoms with van der Waals surface area (Å²) >= 11 is 12.7. The van der Waals surface area contributed by atoms with Crippen molar-refractivity contribution in [3.8, 4) is 17.6 Å². The van der Waals surface area contributed by atoms with Crippen LogP contribution in [-0.4, -0.2) is 79.2 Å². The molecule has 0 aliphatic carbocycles. The highest BCUT2D eigenvalue weighted by Gasteiger charge is 2.45. The highest BCUT2D eigenvalue weighted by atomic mass is 35.5. The molecule has 0 bridgehead atoms. The molecule has 43 heavy (non-hydrogen) atoms. The molecule has 2 saturated heterocycles. The van der Waals surface area contributed by atoms with E-state index >= 15 is 0 Å². The lowest BCUT2D eigenvalue weighted by atomic mass is 10.1. The molecule has 4 aromatic rings. The van der Waals surface area contributed by atoms with E-state index in [-0.39, 0.29) is 6.10 Å². The molecule has 2 aliphatic heterocycles. The molecule has 13 heteroatoms. The molecule has 11 nitrogen and oxygen atoms in total. The van der Waals surface area contributed by atoms with Gasteiger partial charge >= 0.3 is 6.01 Å². The first kappa shape index (κ1) is 29.3. The first-order valence-corrected chi connectivity index (χ1v) is 14.6. The Morgan fingerprint density at radius 1 is 0.953 bits per heavy atom. The lowest BCUT2D eigenvalue weighted by Gasteiger charge is -2.36. The van der Waals surface area contributed by atoms with Crippen molar-refractivity contribution in [1.82, 2.24) is 19.5 Å². The molecule has 0 amide bonds. The van der Waals surface area contributed by atoms with E-state index in [1.54, 1.807) is 38.9 Å². The fourth-order valence-electron chi connectivity index (χ4n) is 5.26. The van der Waals surface area contributed by atoms with Crippen molar-refractivity contribution in [3.63, 3.8) is 0 Å². The maximum atomic E-state index is 6.58. The first-order valence-electron chi connectivity index (χ1n) is 13.9. The number of anilines is 2. The molecule has 0 saturated carbocycles. The van der Waals surface area contributed by atoms with Gasteiger partial charge in [0.15, 0.2) is 0 Å². The molecule has 2 aromatic heterocycles. The summed E-state index contributed by atoms with van der Waals surface area (Å²) in [4.78, 5) is 17.4. The second-order valence-corrected chi connectivity index (χ2v) is 11.0. The second kappa shape index (κ2) is 12.8. The summed E-state index contributed by atoms with van der Waals surface area (Å²) in [6, 6.07) is 15.5. The Labute approximate surface area is 259 Å². The number of benzene rings is 2. The van der Waals surface area contributed by atoms with Crippen molar-refractivity contribution in [1.29, 1.82) is 0 Å². The number of rotatable bonds is 10. The van der Waals surface area contributed by atoms with Crippen LogP contribution in [0.1, 0.15) is 5.56 Å². The van der Waals surface area contributed by atoms with Crippen molar-refractivity contribution in [2.75, 3.05) is 63.4 Å². The second-order valence-electron chi connectivity index (χ2n) is 10.2. The van der Waals surface area contributed by atoms with Gasteiger partial charge < -0.3 is 38.1 Å². The molecule has 0 spiro atoms. The Bertz CT molecular complexity index is 1500. The monoisotopic (exact) mass is 626 g/mol. The molecule has 6 rings (SSSR count). The third kappa shape index (κ3) is 6.59. The van der Waals surface area contributed by atoms with Crippen LogP contribution in [0.25, 0.3) is 0 Å². The van der Waals surface area contributed by atoms with Gasteiger partial charge in [-0.2, -0.15) is 9.97 Å². The highest BCUT2D eigenvalue weighted by Crippen LogP contribution is 2.40. The molecule has 0 N–H and O–H groups in total. The van der Waals surface area contributed by atoms with Gasteiger partial charge in [-0.1, -0.05) is 29.3 Å². The van der Waals surface area contributed by atoms with Crippen LogP contribution in [-0.2, 0) is 21.8 Å². The van der Waals surface area contributed by atoms with Crippen molar-refractivity contribution in [2.45, 2.75) is 18.4 Å². The first-order chi connectivity index (χ1) is 20.9. The summed E-state index contributed by atoms with van der Waals surface area (Å²) in [5, 5.41) is 1.02. The molecular weight excluding hydrogens is 595 g/mol. The molecule has 2 aliphatic rings. The topological polar surface area (TPSA) is 96.2 Å². The normalized spacial score (nSPS) is 20.3. The largest absolute Gasteiger partial charge is 0.491 e. The van der Waals surface area contributed by atoms with Gasteiger partial charge in [-0.15, -0.1) is 0 Å². The molecule has 226 valence electrons. The fraction of sp³-hybridized carbons (Fsp3) is 0.367. The maximum absolute atomic E-state index is 6.58. The van der Waals surface area contributed by atoms with Crippen LogP contribution in [0.3, 0.4) is 0 Å². The third-order valence-corrected chi connectivity index (χ3v) is 8.00.